The number of halogens is 3. The molecule has 0 bridgehead atoms. The fraction of sp³-hybridized carbons (Fsp3) is 0.0556. The Morgan fingerprint density at radius 2 is 1.97 bits per heavy atom. The summed E-state index contributed by atoms with van der Waals surface area (Å²) in [7, 11) is 0. The summed E-state index contributed by atoms with van der Waals surface area (Å²) >= 11 is 0. The van der Waals surface area contributed by atoms with E-state index in [4.69, 9.17) is 15.6 Å². The van der Waals surface area contributed by atoms with Gasteiger partial charge in [0.25, 0.3) is 12.4 Å². The van der Waals surface area contributed by atoms with E-state index in [2.05, 4.69) is 25.5 Å². The number of nitrogens with two attached hydrogens (primary N) is 1. The third kappa shape index (κ3) is 4.29. The number of hydrogen-bond acceptors (Lipinski definition) is 6. The van der Waals surface area contributed by atoms with Crippen molar-refractivity contribution in [1.82, 2.24) is 24.6 Å². The lowest BCUT2D eigenvalue weighted by Gasteiger charge is -2.10. The monoisotopic (exact) mass is 433 g/mol. The average Bonchev–Trinajstić information content (AvgIpc) is 3.36. The van der Waals surface area contributed by atoms with Gasteiger partial charge in [0.2, 0.25) is 0 Å². The van der Waals surface area contributed by atoms with Gasteiger partial charge >= 0.3 is 6.18 Å². The Morgan fingerprint density at radius 1 is 1.26 bits per heavy atom. The maximum Gasteiger partial charge on any atom is 0.435 e. The van der Waals surface area contributed by atoms with E-state index in [0.29, 0.717) is 5.69 Å². The molecular weight excluding hydrogens is 419 g/mol. The summed E-state index contributed by atoms with van der Waals surface area (Å²) in [6.07, 6.45) is 0.717. The average molecular weight is 433 g/mol. The quantitative estimate of drug-likeness (QED) is 0.361. The molecule has 5 N–H and O–H groups in total. The standard InChI is InChI=1S/C17H12F3N7O.CH2O2/c18-17(19,20)13-10(7-24-26-13)12-8-23-16-15(22-5-6-27(12)16)25-11-4-2-1-3-9(11)14(21)28;2-1-3/h1-8H,(H2,21,28)(H,22,25)(H,24,26);1H,(H,2,3). The van der Waals surface area contributed by atoms with Crippen LogP contribution in [0.3, 0.4) is 0 Å². The highest BCUT2D eigenvalue weighted by molar-refractivity contribution is 5.99. The molecule has 1 amide bonds. The highest BCUT2D eigenvalue weighted by Crippen LogP contribution is 2.36. The fourth-order valence-corrected chi connectivity index (χ4v) is 2.84. The van der Waals surface area contributed by atoms with Gasteiger partial charge in [-0.2, -0.15) is 18.3 Å². The first kappa shape index (κ1) is 21.3. The minimum absolute atomic E-state index is 0.144. The smallest absolute Gasteiger partial charge is 0.435 e. The second kappa shape index (κ2) is 8.52. The number of amides is 1. The van der Waals surface area contributed by atoms with Crippen LogP contribution < -0.4 is 11.1 Å². The number of hydrogen-bond donors (Lipinski definition) is 4. The van der Waals surface area contributed by atoms with Crippen LogP contribution in [0.25, 0.3) is 16.9 Å². The number of alkyl halides is 3. The molecule has 31 heavy (non-hydrogen) atoms. The third-order valence-electron chi connectivity index (χ3n) is 4.06. The number of nitrogens with one attached hydrogen (secondary N) is 2. The van der Waals surface area contributed by atoms with Crippen molar-refractivity contribution in [3.8, 4) is 11.3 Å². The molecule has 13 heteroatoms. The number of aromatic amines is 1. The molecule has 0 saturated carbocycles. The Hall–Kier alpha value is -4.42. The van der Waals surface area contributed by atoms with Crippen molar-refractivity contribution >= 4 is 29.5 Å². The van der Waals surface area contributed by atoms with E-state index >= 15 is 0 Å². The molecule has 10 nitrogen and oxygen atoms in total. The largest absolute Gasteiger partial charge is 0.483 e. The number of H-pyrrole nitrogens is 1. The minimum Gasteiger partial charge on any atom is -0.483 e. The maximum absolute atomic E-state index is 13.2. The van der Waals surface area contributed by atoms with Crippen molar-refractivity contribution < 1.29 is 27.9 Å². The molecule has 0 atom stereocenters. The van der Waals surface area contributed by atoms with Gasteiger partial charge in [-0.05, 0) is 12.1 Å². The first-order valence-electron chi connectivity index (χ1n) is 8.45. The second-order valence-corrected chi connectivity index (χ2v) is 5.90. The van der Waals surface area contributed by atoms with Crippen molar-refractivity contribution in [3.05, 3.63) is 60.3 Å². The number of carbonyl (C=O) groups is 2. The van der Waals surface area contributed by atoms with Gasteiger partial charge in [0.05, 0.1) is 28.7 Å². The molecule has 4 rings (SSSR count). The van der Waals surface area contributed by atoms with Gasteiger partial charge in [0, 0.05) is 18.6 Å². The summed E-state index contributed by atoms with van der Waals surface area (Å²) < 4.78 is 41.0. The third-order valence-corrected chi connectivity index (χ3v) is 4.06. The molecule has 3 heterocycles. The van der Waals surface area contributed by atoms with Crippen LogP contribution in [0.15, 0.2) is 49.1 Å². The number of carbonyl (C=O) groups excluding carboxylic acids is 1. The summed E-state index contributed by atoms with van der Waals surface area (Å²) in [4.78, 5) is 28.3. The first-order valence-corrected chi connectivity index (χ1v) is 8.45. The lowest BCUT2D eigenvalue weighted by atomic mass is 10.1. The van der Waals surface area contributed by atoms with Crippen molar-refractivity contribution in [2.75, 3.05) is 5.32 Å². The van der Waals surface area contributed by atoms with Gasteiger partial charge in [-0.1, -0.05) is 12.1 Å². The highest BCUT2D eigenvalue weighted by Gasteiger charge is 2.37. The fourth-order valence-electron chi connectivity index (χ4n) is 2.84. The predicted octanol–water partition coefficient (Wildman–Crippen LogP) is 2.68. The molecule has 4 aromatic rings. The number of aromatic nitrogens is 5. The predicted molar refractivity (Wildman–Crippen MR) is 103 cm³/mol. The minimum atomic E-state index is -4.62. The van der Waals surface area contributed by atoms with Crippen LogP contribution in [0.5, 0.6) is 0 Å². The molecule has 0 fully saturated rings. The zero-order chi connectivity index (χ0) is 22.6. The number of rotatable bonds is 4. The van der Waals surface area contributed by atoms with Crippen molar-refractivity contribution in [3.63, 3.8) is 0 Å². The van der Waals surface area contributed by atoms with Gasteiger partial charge in [-0.25, -0.2) is 9.97 Å². The van der Waals surface area contributed by atoms with Gasteiger partial charge in [0.1, 0.15) is 0 Å². The molecule has 160 valence electrons. The number of primary amides is 1. The second-order valence-electron chi connectivity index (χ2n) is 5.90. The van der Waals surface area contributed by atoms with E-state index in [0.717, 1.165) is 6.20 Å². The van der Waals surface area contributed by atoms with Crippen LogP contribution in [0.2, 0.25) is 0 Å². The van der Waals surface area contributed by atoms with Gasteiger partial charge < -0.3 is 16.2 Å². The number of carboxylic acid groups (broad SMARTS) is 1. The lowest BCUT2D eigenvalue weighted by molar-refractivity contribution is -0.140. The Kier molecular flexibility index (Phi) is 5.85. The Labute approximate surface area is 171 Å². The van der Waals surface area contributed by atoms with Crippen LogP contribution >= 0.6 is 0 Å². The summed E-state index contributed by atoms with van der Waals surface area (Å²) in [5.74, 6) is -0.383. The Balaban J connectivity index is 0.000000858. The summed E-state index contributed by atoms with van der Waals surface area (Å²) in [6, 6.07) is 6.54. The van der Waals surface area contributed by atoms with Crippen LogP contribution in [0.4, 0.5) is 24.7 Å². The molecule has 0 aliphatic carbocycles. The van der Waals surface area contributed by atoms with Crippen molar-refractivity contribution in [2.24, 2.45) is 5.73 Å². The summed E-state index contributed by atoms with van der Waals surface area (Å²) in [5, 5.41) is 15.4. The van der Waals surface area contributed by atoms with Gasteiger partial charge in [0.15, 0.2) is 17.2 Å². The molecule has 1 aromatic carbocycles. The molecule has 0 radical (unpaired) electrons. The van der Waals surface area contributed by atoms with Crippen molar-refractivity contribution in [2.45, 2.75) is 6.18 Å². The van der Waals surface area contributed by atoms with Crippen LogP contribution in [-0.4, -0.2) is 42.1 Å². The first-order chi connectivity index (χ1) is 14.8. The van der Waals surface area contributed by atoms with E-state index in [1.165, 1.54) is 23.0 Å². The number of imidazole rings is 1. The Morgan fingerprint density at radius 3 is 2.65 bits per heavy atom. The molecule has 0 unspecified atom stereocenters. The number of para-hydroxylation sites is 1. The lowest BCUT2D eigenvalue weighted by Crippen LogP contribution is -2.13. The van der Waals surface area contributed by atoms with Crippen molar-refractivity contribution in [1.29, 1.82) is 0 Å². The zero-order valence-electron chi connectivity index (χ0n) is 15.5. The van der Waals surface area contributed by atoms with E-state index in [-0.39, 0.29) is 34.8 Å². The van der Waals surface area contributed by atoms with Gasteiger partial charge in [-0.15, -0.1) is 0 Å². The molecule has 0 aliphatic heterocycles. The molecule has 0 spiro atoms. The molecule has 3 aromatic heterocycles. The van der Waals surface area contributed by atoms with Gasteiger partial charge in [-0.3, -0.25) is 19.1 Å². The number of fused-ring (bicyclic) bond motifs is 1. The zero-order valence-corrected chi connectivity index (χ0v) is 15.5. The maximum atomic E-state index is 13.2. The molecule has 0 aliphatic rings. The molecule has 0 saturated heterocycles. The SMILES string of the molecule is NC(=O)c1ccccc1Nc1nccn2c(-c3c[nH]nc3C(F)(F)F)cnc12.O=CO. The number of anilines is 2. The summed E-state index contributed by atoms with van der Waals surface area (Å²) in [6.45, 7) is -0.250. The van der Waals surface area contributed by atoms with E-state index in [1.807, 2.05) is 0 Å². The van der Waals surface area contributed by atoms with E-state index in [1.54, 1.807) is 24.3 Å². The highest BCUT2D eigenvalue weighted by atomic mass is 19.4. The van der Waals surface area contributed by atoms with E-state index < -0.39 is 17.8 Å². The van der Waals surface area contributed by atoms with Crippen LogP contribution in [0.1, 0.15) is 16.1 Å². The van der Waals surface area contributed by atoms with Crippen LogP contribution in [-0.2, 0) is 11.0 Å². The van der Waals surface area contributed by atoms with Crippen LogP contribution in [0, 0.1) is 0 Å². The molecular formula is C18H14F3N7O3. The number of nitrogens with zero attached hydrogens (tertiary/aromatic N) is 4. The Bertz CT molecular complexity index is 1230. The topological polar surface area (TPSA) is 151 Å². The normalized spacial score (nSPS) is 10.9. The summed E-state index contributed by atoms with van der Waals surface area (Å²) in [5.41, 5.74) is 5.28. The van der Waals surface area contributed by atoms with E-state index in [9.17, 15) is 18.0 Å². The number of benzene rings is 1.